The van der Waals surface area contributed by atoms with E-state index in [4.69, 9.17) is 10.5 Å². The number of hydrogen-bond acceptors (Lipinski definition) is 2. The zero-order valence-corrected chi connectivity index (χ0v) is 9.87. The summed E-state index contributed by atoms with van der Waals surface area (Å²) in [6.45, 7) is 1.67. The Morgan fingerprint density at radius 3 is 3.00 bits per heavy atom. The fourth-order valence-electron chi connectivity index (χ4n) is 2.20. The Morgan fingerprint density at radius 1 is 1.19 bits per heavy atom. The highest BCUT2D eigenvalue weighted by molar-refractivity contribution is 5.38. The predicted octanol–water partition coefficient (Wildman–Crippen LogP) is 2.68. The monoisotopic (exact) mass is 219 g/mol. The molecule has 2 heteroatoms. The Bertz CT molecular complexity index is 336. The van der Waals surface area contributed by atoms with Crippen molar-refractivity contribution in [3.05, 3.63) is 29.3 Å². The summed E-state index contributed by atoms with van der Waals surface area (Å²) < 4.78 is 5.71. The molecule has 2 nitrogen and oxygen atoms in total. The Balaban J connectivity index is 2.02. The van der Waals surface area contributed by atoms with Crippen LogP contribution in [0.4, 0.5) is 0 Å². The van der Waals surface area contributed by atoms with Crippen molar-refractivity contribution in [2.24, 2.45) is 5.73 Å². The zero-order chi connectivity index (χ0) is 11.2. The lowest BCUT2D eigenvalue weighted by atomic mass is 10.0. The minimum atomic E-state index is 0.800. The molecule has 2 rings (SSSR count). The molecule has 1 aliphatic rings. The largest absolute Gasteiger partial charge is 0.493 e. The Kier molecular flexibility index (Phi) is 4.23. The zero-order valence-electron chi connectivity index (χ0n) is 9.87. The van der Waals surface area contributed by atoms with E-state index in [2.05, 4.69) is 18.2 Å². The van der Waals surface area contributed by atoms with Gasteiger partial charge in [0.15, 0.2) is 0 Å². The van der Waals surface area contributed by atoms with Crippen molar-refractivity contribution in [3.8, 4) is 5.75 Å². The van der Waals surface area contributed by atoms with E-state index in [-0.39, 0.29) is 0 Å². The predicted molar refractivity (Wildman–Crippen MR) is 66.9 cm³/mol. The first-order valence-corrected chi connectivity index (χ1v) is 6.35. The summed E-state index contributed by atoms with van der Waals surface area (Å²) in [5, 5.41) is 0. The van der Waals surface area contributed by atoms with E-state index >= 15 is 0 Å². The van der Waals surface area contributed by atoms with Crippen LogP contribution in [0.5, 0.6) is 5.75 Å². The van der Waals surface area contributed by atoms with Crippen molar-refractivity contribution in [3.63, 3.8) is 0 Å². The second-order valence-corrected chi connectivity index (χ2v) is 4.49. The molecule has 0 amide bonds. The van der Waals surface area contributed by atoms with Crippen LogP contribution in [-0.2, 0) is 12.8 Å². The molecule has 1 aliphatic heterocycles. The normalized spacial score (nSPS) is 15.1. The number of nitrogens with two attached hydrogens (primary N) is 1. The first-order chi connectivity index (χ1) is 7.90. The standard InChI is InChI=1S/C14H21NO/c15-9-3-1-5-12-7-8-14-13(11-12)6-2-4-10-16-14/h7-8,11H,1-6,9-10,15H2. The van der Waals surface area contributed by atoms with Crippen LogP contribution in [0.15, 0.2) is 18.2 Å². The summed E-state index contributed by atoms with van der Waals surface area (Å²) >= 11 is 0. The topological polar surface area (TPSA) is 35.2 Å². The maximum absolute atomic E-state index is 5.71. The number of benzene rings is 1. The molecule has 1 aromatic rings. The van der Waals surface area contributed by atoms with Gasteiger partial charge in [-0.15, -0.1) is 0 Å². The Morgan fingerprint density at radius 2 is 2.12 bits per heavy atom. The van der Waals surface area contributed by atoms with Gasteiger partial charge in [0.25, 0.3) is 0 Å². The number of unbranched alkanes of at least 4 members (excludes halogenated alkanes) is 1. The van der Waals surface area contributed by atoms with Crippen molar-refractivity contribution in [2.75, 3.05) is 13.2 Å². The van der Waals surface area contributed by atoms with Gasteiger partial charge < -0.3 is 10.5 Å². The lowest BCUT2D eigenvalue weighted by Crippen LogP contribution is -1.99. The van der Waals surface area contributed by atoms with Gasteiger partial charge in [-0.3, -0.25) is 0 Å². The second-order valence-electron chi connectivity index (χ2n) is 4.49. The summed E-state index contributed by atoms with van der Waals surface area (Å²) in [6.07, 6.45) is 7.05. The van der Waals surface area contributed by atoms with Gasteiger partial charge in [-0.1, -0.05) is 12.1 Å². The van der Waals surface area contributed by atoms with Gasteiger partial charge in [0, 0.05) is 0 Å². The van der Waals surface area contributed by atoms with Crippen LogP contribution in [0.1, 0.15) is 36.8 Å². The first kappa shape index (κ1) is 11.5. The minimum absolute atomic E-state index is 0.800. The van der Waals surface area contributed by atoms with Crippen molar-refractivity contribution in [2.45, 2.75) is 38.5 Å². The van der Waals surface area contributed by atoms with Crippen LogP contribution in [0.25, 0.3) is 0 Å². The van der Waals surface area contributed by atoms with Crippen molar-refractivity contribution in [1.29, 1.82) is 0 Å². The van der Waals surface area contributed by atoms with Gasteiger partial charge in [0.2, 0.25) is 0 Å². The minimum Gasteiger partial charge on any atom is -0.493 e. The number of rotatable bonds is 4. The van der Waals surface area contributed by atoms with E-state index in [0.717, 1.165) is 31.7 Å². The number of aryl methyl sites for hydroxylation is 2. The van der Waals surface area contributed by atoms with E-state index in [1.165, 1.54) is 36.8 Å². The van der Waals surface area contributed by atoms with Crippen LogP contribution in [0.3, 0.4) is 0 Å². The fraction of sp³-hybridized carbons (Fsp3) is 0.571. The summed E-state index contributed by atoms with van der Waals surface area (Å²) in [7, 11) is 0. The van der Waals surface area contributed by atoms with Gasteiger partial charge >= 0.3 is 0 Å². The molecule has 1 aromatic carbocycles. The fourth-order valence-corrected chi connectivity index (χ4v) is 2.20. The Hall–Kier alpha value is -1.02. The third-order valence-corrected chi connectivity index (χ3v) is 3.14. The molecule has 0 fully saturated rings. The van der Waals surface area contributed by atoms with Gasteiger partial charge in [0.05, 0.1) is 6.61 Å². The SMILES string of the molecule is NCCCCc1ccc2c(c1)CCCCO2. The first-order valence-electron chi connectivity index (χ1n) is 6.35. The van der Waals surface area contributed by atoms with Crippen LogP contribution in [0, 0.1) is 0 Å². The molecule has 0 radical (unpaired) electrons. The van der Waals surface area contributed by atoms with E-state index in [1.54, 1.807) is 0 Å². The molecule has 0 unspecified atom stereocenters. The van der Waals surface area contributed by atoms with Gasteiger partial charge in [0.1, 0.15) is 5.75 Å². The lowest BCUT2D eigenvalue weighted by molar-refractivity contribution is 0.317. The quantitative estimate of drug-likeness (QED) is 0.790. The number of hydrogen-bond donors (Lipinski definition) is 1. The third-order valence-electron chi connectivity index (χ3n) is 3.14. The molecular formula is C14H21NO. The Labute approximate surface area is 97.8 Å². The number of ether oxygens (including phenoxy) is 1. The van der Waals surface area contributed by atoms with Crippen LogP contribution in [-0.4, -0.2) is 13.2 Å². The lowest BCUT2D eigenvalue weighted by Gasteiger charge is -2.09. The molecule has 0 spiro atoms. The molecule has 0 aromatic heterocycles. The smallest absolute Gasteiger partial charge is 0.122 e. The van der Waals surface area contributed by atoms with E-state index in [0.29, 0.717) is 0 Å². The highest BCUT2D eigenvalue weighted by Crippen LogP contribution is 2.25. The summed E-state index contributed by atoms with van der Waals surface area (Å²) in [6, 6.07) is 6.65. The molecular weight excluding hydrogens is 198 g/mol. The van der Waals surface area contributed by atoms with Crippen molar-refractivity contribution in [1.82, 2.24) is 0 Å². The summed E-state index contributed by atoms with van der Waals surface area (Å²) in [5.41, 5.74) is 8.32. The molecule has 0 bridgehead atoms. The van der Waals surface area contributed by atoms with E-state index < -0.39 is 0 Å². The maximum atomic E-state index is 5.71. The van der Waals surface area contributed by atoms with Crippen molar-refractivity contribution < 1.29 is 4.74 Å². The van der Waals surface area contributed by atoms with Gasteiger partial charge in [-0.25, -0.2) is 0 Å². The van der Waals surface area contributed by atoms with Crippen LogP contribution in [0.2, 0.25) is 0 Å². The third kappa shape index (κ3) is 2.99. The molecule has 88 valence electrons. The highest BCUT2D eigenvalue weighted by Gasteiger charge is 2.08. The van der Waals surface area contributed by atoms with Crippen LogP contribution < -0.4 is 10.5 Å². The number of fused-ring (bicyclic) bond motifs is 1. The van der Waals surface area contributed by atoms with Crippen LogP contribution >= 0.6 is 0 Å². The van der Waals surface area contributed by atoms with Gasteiger partial charge in [-0.2, -0.15) is 0 Å². The van der Waals surface area contributed by atoms with E-state index in [1.807, 2.05) is 0 Å². The van der Waals surface area contributed by atoms with Gasteiger partial charge in [-0.05, 0) is 62.3 Å². The average molecular weight is 219 g/mol. The maximum Gasteiger partial charge on any atom is 0.122 e. The highest BCUT2D eigenvalue weighted by atomic mass is 16.5. The molecule has 1 heterocycles. The second kappa shape index (κ2) is 5.90. The summed E-state index contributed by atoms with van der Waals surface area (Å²) in [5.74, 6) is 1.10. The average Bonchev–Trinajstić information content (AvgIpc) is 2.54. The molecule has 0 aliphatic carbocycles. The van der Waals surface area contributed by atoms with Crippen molar-refractivity contribution >= 4 is 0 Å². The molecule has 16 heavy (non-hydrogen) atoms. The molecule has 0 atom stereocenters. The summed E-state index contributed by atoms with van der Waals surface area (Å²) in [4.78, 5) is 0. The van der Waals surface area contributed by atoms with E-state index in [9.17, 15) is 0 Å². The molecule has 2 N–H and O–H groups in total. The molecule has 0 saturated carbocycles. The molecule has 0 saturated heterocycles.